The number of ether oxygens (including phenoxy) is 1. The van der Waals surface area contributed by atoms with Crippen molar-refractivity contribution >= 4 is 97.4 Å². The quantitative estimate of drug-likeness (QED) is 0.164. The fraction of sp³-hybridized carbons (Fsp3) is 0.333. The number of fused-ring (bicyclic) bond motifs is 10. The van der Waals surface area contributed by atoms with E-state index < -0.39 is 0 Å². The maximum atomic E-state index is 7.59. The molecule has 78 heavy (non-hydrogen) atoms. The fourth-order valence-electron chi connectivity index (χ4n) is 14.8. The molecule has 14 rings (SSSR count). The number of para-hydroxylation sites is 3. The lowest BCUT2D eigenvalue weighted by atomic mass is 9.30. The Bertz CT molecular complexity index is 3850. The Morgan fingerprint density at radius 1 is 0.346 bits per heavy atom. The molecule has 0 bridgehead atoms. The van der Waals surface area contributed by atoms with Gasteiger partial charge in [-0.05, 0) is 197 Å². The van der Waals surface area contributed by atoms with Crippen LogP contribution in [0.3, 0.4) is 0 Å². The second-order valence-corrected chi connectivity index (χ2v) is 28.7. The van der Waals surface area contributed by atoms with Crippen LogP contribution in [0.1, 0.15) is 156 Å². The predicted molar refractivity (Wildman–Crippen MR) is 334 cm³/mol. The van der Waals surface area contributed by atoms with Crippen molar-refractivity contribution in [3.05, 3.63) is 185 Å². The number of hydrogen-bond donors (Lipinski definition) is 0. The Morgan fingerprint density at radius 2 is 0.769 bits per heavy atom. The number of anilines is 9. The highest BCUT2D eigenvalue weighted by Gasteiger charge is 2.49. The van der Waals surface area contributed by atoms with Crippen molar-refractivity contribution in [2.45, 2.75) is 155 Å². The lowest BCUT2D eigenvalue weighted by Gasteiger charge is -2.47. The van der Waals surface area contributed by atoms with Gasteiger partial charge < -0.3 is 19.4 Å². The molecule has 8 aromatic rings. The molecule has 0 aromatic heterocycles. The Labute approximate surface area is 466 Å². The zero-order valence-electron chi connectivity index (χ0n) is 48.7. The maximum absolute atomic E-state index is 7.59. The molecule has 4 heterocycles. The van der Waals surface area contributed by atoms with Crippen molar-refractivity contribution in [3.63, 3.8) is 0 Å². The minimum atomic E-state index is -0.131. The minimum Gasteiger partial charge on any atom is -0.458 e. The first-order valence-electron chi connectivity index (χ1n) is 29.1. The van der Waals surface area contributed by atoms with Crippen LogP contribution in [0.15, 0.2) is 152 Å². The topological polar surface area (TPSA) is 19.0 Å². The van der Waals surface area contributed by atoms with E-state index in [1.165, 1.54) is 132 Å². The van der Waals surface area contributed by atoms with E-state index in [1.54, 1.807) is 0 Å². The lowest BCUT2D eigenvalue weighted by Crippen LogP contribution is -2.64. The van der Waals surface area contributed by atoms with E-state index in [2.05, 4.69) is 263 Å². The third-order valence-electron chi connectivity index (χ3n) is 19.7. The number of hydrogen-bond acceptors (Lipinski definition) is 4. The summed E-state index contributed by atoms with van der Waals surface area (Å²) in [5.41, 5.74) is 27.2. The van der Waals surface area contributed by atoms with Gasteiger partial charge in [-0.2, -0.15) is 0 Å². The number of benzene rings is 8. The zero-order chi connectivity index (χ0) is 54.4. The zero-order valence-corrected chi connectivity index (χ0v) is 48.7. The van der Waals surface area contributed by atoms with Gasteiger partial charge in [0, 0.05) is 57.3 Å². The van der Waals surface area contributed by atoms with Gasteiger partial charge >= 0.3 is 0 Å². The smallest absolute Gasteiger partial charge is 0.256 e. The molecule has 0 radical (unpaired) electrons. The predicted octanol–water partition coefficient (Wildman–Crippen LogP) is 15.5. The summed E-state index contributed by atoms with van der Waals surface area (Å²) in [5, 5.41) is 0. The van der Waals surface area contributed by atoms with Crippen molar-refractivity contribution < 1.29 is 4.74 Å². The van der Waals surface area contributed by atoms with Crippen molar-refractivity contribution in [1.82, 2.24) is 0 Å². The molecule has 4 nitrogen and oxygen atoms in total. The molecule has 4 aliphatic heterocycles. The van der Waals surface area contributed by atoms with Crippen molar-refractivity contribution in [1.29, 1.82) is 0 Å². The summed E-state index contributed by atoms with van der Waals surface area (Å²) in [7, 11) is 0. The molecule has 6 heteroatoms. The van der Waals surface area contributed by atoms with Crippen LogP contribution in [0.2, 0.25) is 0 Å². The Morgan fingerprint density at radius 3 is 1.27 bits per heavy atom. The van der Waals surface area contributed by atoms with E-state index in [0.717, 1.165) is 22.9 Å². The molecule has 0 fully saturated rings. The first kappa shape index (κ1) is 49.4. The molecular formula is C72H75B2N3O. The van der Waals surface area contributed by atoms with E-state index >= 15 is 0 Å². The van der Waals surface area contributed by atoms with E-state index in [9.17, 15) is 0 Å². The third kappa shape index (κ3) is 7.19. The van der Waals surface area contributed by atoms with Crippen LogP contribution in [0.4, 0.5) is 51.2 Å². The normalized spacial score (nSPS) is 18.3. The van der Waals surface area contributed by atoms with Gasteiger partial charge in [-0.1, -0.05) is 170 Å². The molecule has 6 aliphatic rings. The summed E-state index contributed by atoms with van der Waals surface area (Å²) < 4.78 is 7.59. The highest BCUT2D eigenvalue weighted by molar-refractivity contribution is 7.02. The van der Waals surface area contributed by atoms with Gasteiger partial charge in [0.1, 0.15) is 11.5 Å². The van der Waals surface area contributed by atoms with E-state index in [-0.39, 0.29) is 45.9 Å². The van der Waals surface area contributed by atoms with Crippen molar-refractivity contribution in [3.8, 4) is 11.5 Å². The molecule has 0 spiro atoms. The van der Waals surface area contributed by atoms with E-state index in [4.69, 9.17) is 4.74 Å². The molecule has 0 atom stereocenters. The number of nitrogens with zero attached hydrogens (tertiary/aromatic N) is 3. The van der Waals surface area contributed by atoms with Crippen LogP contribution in [-0.4, -0.2) is 13.4 Å². The van der Waals surface area contributed by atoms with E-state index in [1.807, 2.05) is 0 Å². The van der Waals surface area contributed by atoms with Crippen LogP contribution < -0.4 is 52.2 Å². The largest absolute Gasteiger partial charge is 0.458 e. The highest BCUT2D eigenvalue weighted by Crippen LogP contribution is 2.53. The molecule has 2 aliphatic carbocycles. The first-order chi connectivity index (χ1) is 36.9. The highest BCUT2D eigenvalue weighted by atomic mass is 16.5. The van der Waals surface area contributed by atoms with Crippen molar-refractivity contribution in [2.24, 2.45) is 0 Å². The van der Waals surface area contributed by atoms with Gasteiger partial charge in [-0.25, -0.2) is 0 Å². The second-order valence-electron chi connectivity index (χ2n) is 28.7. The summed E-state index contributed by atoms with van der Waals surface area (Å²) in [6, 6.07) is 59.4. The second kappa shape index (κ2) is 16.3. The first-order valence-corrected chi connectivity index (χ1v) is 29.1. The molecule has 390 valence electrons. The molecular weight excluding hydrogens is 944 g/mol. The fourth-order valence-corrected chi connectivity index (χ4v) is 14.8. The molecule has 0 unspecified atom stereocenters. The molecule has 0 saturated heterocycles. The SMILES string of the molecule is CC(C)(C)c1cc2c3c(c1)N(c1ccc4c(c1)C(C)(C)CCC4(C)C)c1ccccc1B3c1cc3c(cc1O2)N(c1ccccc1)c1cc(C(C)(C)C)cc2c1B3c1ccccc1N2c1ccc2c(c1)C(C)(C)CCC2(C)C. The van der Waals surface area contributed by atoms with Crippen LogP contribution in [0.5, 0.6) is 11.5 Å². The molecule has 0 N–H and O–H groups in total. The summed E-state index contributed by atoms with van der Waals surface area (Å²) in [6.45, 7) is 33.5. The van der Waals surface area contributed by atoms with Gasteiger partial charge in [0.2, 0.25) is 0 Å². The number of rotatable bonds is 3. The van der Waals surface area contributed by atoms with Crippen molar-refractivity contribution in [2.75, 3.05) is 14.7 Å². The summed E-state index contributed by atoms with van der Waals surface area (Å²) in [5.74, 6) is 1.87. The van der Waals surface area contributed by atoms with Gasteiger partial charge in [-0.15, -0.1) is 0 Å². The molecule has 8 aromatic carbocycles. The maximum Gasteiger partial charge on any atom is 0.256 e. The third-order valence-corrected chi connectivity index (χ3v) is 19.7. The Hall–Kier alpha value is -6.91. The molecule has 0 saturated carbocycles. The Balaban J connectivity index is 1.03. The van der Waals surface area contributed by atoms with Crippen LogP contribution in [-0.2, 0) is 32.5 Å². The van der Waals surface area contributed by atoms with Crippen LogP contribution in [0, 0.1) is 0 Å². The monoisotopic (exact) mass is 1020 g/mol. The Kier molecular flexibility index (Phi) is 10.3. The summed E-state index contributed by atoms with van der Waals surface area (Å²) in [4.78, 5) is 7.76. The summed E-state index contributed by atoms with van der Waals surface area (Å²) in [6.07, 6.45) is 4.71. The van der Waals surface area contributed by atoms with Gasteiger partial charge in [-0.3, -0.25) is 0 Å². The minimum absolute atomic E-state index is 0.0488. The van der Waals surface area contributed by atoms with E-state index in [0.29, 0.717) is 0 Å². The average Bonchev–Trinajstić information content (AvgIpc) is 3.40. The van der Waals surface area contributed by atoms with Gasteiger partial charge in [0.15, 0.2) is 0 Å². The van der Waals surface area contributed by atoms with Gasteiger partial charge in [0.25, 0.3) is 13.4 Å². The average molecular weight is 1020 g/mol. The van der Waals surface area contributed by atoms with Gasteiger partial charge in [0.05, 0.1) is 0 Å². The molecule has 0 amide bonds. The van der Waals surface area contributed by atoms with Crippen LogP contribution in [0.25, 0.3) is 0 Å². The van der Waals surface area contributed by atoms with Crippen LogP contribution >= 0.6 is 0 Å². The lowest BCUT2D eigenvalue weighted by molar-refractivity contribution is 0.332. The standard InChI is InChI=1S/C72H75B2N3O/c1-67(2,3)44-36-60-65-61(37-44)76(47-28-30-49-51(40-47)71(11,12)34-32-69(49,7)8)57-26-20-18-24-53(57)73(65)55-42-56-63(43-59(55)75(60)46-22-16-15-17-23-46)78-64-39-45(68(4,5)6)38-62-66(64)74(56)54-25-19-21-27-58(54)77(62)48-29-31-50-52(41-48)72(13,14)35-33-70(50,9)10/h15-31,36-43H,32-35H2,1-14H3. The summed E-state index contributed by atoms with van der Waals surface area (Å²) >= 11 is 0.